The zero-order valence-corrected chi connectivity index (χ0v) is 14.7. The van der Waals surface area contributed by atoms with Crippen LogP contribution in [0.15, 0.2) is 30.3 Å². The van der Waals surface area contributed by atoms with E-state index in [2.05, 4.69) is 10.3 Å². The molecule has 2 heterocycles. The van der Waals surface area contributed by atoms with Gasteiger partial charge in [0.25, 0.3) is 5.91 Å². The first-order valence-corrected chi connectivity index (χ1v) is 8.10. The first-order valence-electron chi connectivity index (χ1n) is 8.10. The monoisotopic (exact) mass is 350 g/mol. The molecule has 3 amide bonds. The van der Waals surface area contributed by atoms with Gasteiger partial charge in [0.1, 0.15) is 5.54 Å². The number of nitriles is 1. The minimum Gasteiger partial charge on any atom is -0.362 e. The third kappa shape index (κ3) is 2.75. The van der Waals surface area contributed by atoms with Crippen LogP contribution in [0.4, 0.5) is 4.79 Å². The molecule has 3 rings (SSSR count). The molecule has 26 heavy (non-hydrogen) atoms. The fraction of sp³-hybridized carbons (Fsp3) is 0.263. The van der Waals surface area contributed by atoms with E-state index in [4.69, 9.17) is 5.26 Å². The number of aryl methyl sites for hydroxylation is 2. The highest BCUT2D eigenvalue weighted by molar-refractivity contribution is 6.11. The minimum atomic E-state index is -1.27. The van der Waals surface area contributed by atoms with Gasteiger partial charge in [-0.2, -0.15) is 5.26 Å². The quantitative estimate of drug-likeness (QED) is 0.651. The number of nitrogens with zero attached hydrogens (tertiary/aromatic N) is 2. The number of carbonyl (C=O) groups is 3. The van der Waals surface area contributed by atoms with E-state index in [9.17, 15) is 14.4 Å². The Morgan fingerprint density at radius 3 is 2.42 bits per heavy atom. The van der Waals surface area contributed by atoms with Crippen molar-refractivity contribution in [1.82, 2.24) is 15.2 Å². The molecule has 1 aromatic heterocycles. The number of imide groups is 1. The highest BCUT2D eigenvalue weighted by Gasteiger charge is 2.49. The van der Waals surface area contributed by atoms with Crippen molar-refractivity contribution in [1.29, 1.82) is 5.26 Å². The van der Waals surface area contributed by atoms with E-state index in [1.807, 2.05) is 13.0 Å². The largest absolute Gasteiger partial charge is 0.362 e. The number of nitrogens with one attached hydrogen (secondary N) is 2. The molecule has 7 heteroatoms. The molecule has 1 aromatic carbocycles. The van der Waals surface area contributed by atoms with Crippen LogP contribution in [-0.4, -0.2) is 34.2 Å². The Bertz CT molecular complexity index is 952. The summed E-state index contributed by atoms with van der Waals surface area (Å²) in [6.45, 7) is 4.87. The summed E-state index contributed by atoms with van der Waals surface area (Å²) in [7, 11) is 0. The SMILES string of the molecule is Cc1cc(C(=O)CN2C(=O)NC(C)(c3ccc(C#N)cc3)C2=O)c(C)[nH]1. The van der Waals surface area contributed by atoms with Crippen molar-refractivity contribution in [2.75, 3.05) is 6.54 Å². The van der Waals surface area contributed by atoms with Gasteiger partial charge >= 0.3 is 6.03 Å². The number of aromatic nitrogens is 1. The fourth-order valence-electron chi connectivity index (χ4n) is 3.16. The molecule has 0 spiro atoms. The summed E-state index contributed by atoms with van der Waals surface area (Å²) in [4.78, 5) is 41.7. The van der Waals surface area contributed by atoms with E-state index >= 15 is 0 Å². The van der Waals surface area contributed by atoms with Crippen molar-refractivity contribution in [3.63, 3.8) is 0 Å². The molecule has 0 aliphatic carbocycles. The second-order valence-electron chi connectivity index (χ2n) is 6.55. The molecule has 1 saturated heterocycles. The Morgan fingerprint density at radius 1 is 1.23 bits per heavy atom. The third-order valence-electron chi connectivity index (χ3n) is 4.62. The average Bonchev–Trinajstić information content (AvgIpc) is 3.06. The van der Waals surface area contributed by atoms with Crippen LogP contribution in [0.1, 0.15) is 39.8 Å². The van der Waals surface area contributed by atoms with Crippen LogP contribution in [0.3, 0.4) is 0 Å². The first kappa shape index (κ1) is 17.4. The summed E-state index contributed by atoms with van der Waals surface area (Å²) in [5.74, 6) is -0.801. The number of hydrogen-bond donors (Lipinski definition) is 2. The molecule has 0 radical (unpaired) electrons. The molecule has 0 bridgehead atoms. The lowest BCUT2D eigenvalue weighted by atomic mass is 9.91. The lowest BCUT2D eigenvalue weighted by Gasteiger charge is -2.22. The van der Waals surface area contributed by atoms with Crippen LogP contribution in [0.2, 0.25) is 0 Å². The van der Waals surface area contributed by atoms with E-state index in [0.717, 1.165) is 10.6 Å². The van der Waals surface area contributed by atoms with Gasteiger partial charge in [0.05, 0.1) is 18.2 Å². The lowest BCUT2D eigenvalue weighted by Crippen LogP contribution is -2.41. The second kappa shape index (κ2) is 6.15. The molecule has 1 unspecified atom stereocenters. The molecule has 2 N–H and O–H groups in total. The number of benzene rings is 1. The number of hydrogen-bond acceptors (Lipinski definition) is 4. The van der Waals surface area contributed by atoms with Gasteiger partial charge in [0, 0.05) is 17.0 Å². The summed E-state index contributed by atoms with van der Waals surface area (Å²) in [6.07, 6.45) is 0. The zero-order chi connectivity index (χ0) is 19.1. The van der Waals surface area contributed by atoms with Crippen LogP contribution >= 0.6 is 0 Å². The smallest absolute Gasteiger partial charge is 0.325 e. The molecule has 1 atom stereocenters. The van der Waals surface area contributed by atoms with Gasteiger partial charge < -0.3 is 10.3 Å². The number of aromatic amines is 1. The summed E-state index contributed by atoms with van der Waals surface area (Å²) in [5, 5.41) is 11.5. The standard InChI is InChI=1S/C19H18N4O3/c1-11-8-15(12(2)21-11)16(24)10-23-17(25)19(3,22-18(23)26)14-6-4-13(9-20)5-7-14/h4-8,21H,10H2,1-3H3,(H,22,26). The number of amides is 3. The molecule has 0 saturated carbocycles. The van der Waals surface area contributed by atoms with Crippen molar-refractivity contribution < 1.29 is 14.4 Å². The van der Waals surface area contributed by atoms with Crippen molar-refractivity contribution in [3.05, 3.63) is 58.4 Å². The summed E-state index contributed by atoms with van der Waals surface area (Å²) in [5.41, 5.74) is 1.75. The van der Waals surface area contributed by atoms with E-state index in [1.165, 1.54) is 0 Å². The van der Waals surface area contributed by atoms with E-state index in [1.54, 1.807) is 44.2 Å². The summed E-state index contributed by atoms with van der Waals surface area (Å²) < 4.78 is 0. The fourth-order valence-corrected chi connectivity index (χ4v) is 3.16. The number of H-pyrrole nitrogens is 1. The zero-order valence-electron chi connectivity index (χ0n) is 14.7. The van der Waals surface area contributed by atoms with Gasteiger partial charge in [0.15, 0.2) is 5.78 Å². The topological polar surface area (TPSA) is 106 Å². The number of Topliss-reactive ketones (excluding diaryl/α,β-unsaturated/α-hetero) is 1. The van der Waals surface area contributed by atoms with Gasteiger partial charge in [-0.05, 0) is 44.5 Å². The number of ketones is 1. The highest BCUT2D eigenvalue weighted by Crippen LogP contribution is 2.29. The Hall–Kier alpha value is -3.40. The maximum Gasteiger partial charge on any atom is 0.325 e. The van der Waals surface area contributed by atoms with Gasteiger partial charge in [0.2, 0.25) is 0 Å². The molecular weight excluding hydrogens is 332 g/mol. The molecular formula is C19H18N4O3. The summed E-state index contributed by atoms with van der Waals surface area (Å²) in [6, 6.07) is 9.52. The third-order valence-corrected chi connectivity index (χ3v) is 4.62. The van der Waals surface area contributed by atoms with Crippen molar-refractivity contribution in [2.45, 2.75) is 26.3 Å². The predicted molar refractivity (Wildman–Crippen MR) is 93.4 cm³/mol. The molecule has 132 valence electrons. The predicted octanol–water partition coefficient (Wildman–Crippen LogP) is 2.15. The second-order valence-corrected chi connectivity index (χ2v) is 6.55. The van der Waals surface area contributed by atoms with Crippen molar-refractivity contribution in [3.8, 4) is 6.07 Å². The van der Waals surface area contributed by atoms with E-state index < -0.39 is 17.5 Å². The van der Waals surface area contributed by atoms with Crippen LogP contribution in [0.25, 0.3) is 0 Å². The molecule has 2 aromatic rings. The van der Waals surface area contributed by atoms with Gasteiger partial charge in [-0.1, -0.05) is 12.1 Å². The van der Waals surface area contributed by atoms with Crippen LogP contribution in [0.5, 0.6) is 0 Å². The van der Waals surface area contributed by atoms with Crippen LogP contribution < -0.4 is 5.32 Å². The molecule has 1 aliphatic heterocycles. The first-order chi connectivity index (χ1) is 12.3. The lowest BCUT2D eigenvalue weighted by molar-refractivity contribution is -0.130. The maximum absolute atomic E-state index is 12.9. The van der Waals surface area contributed by atoms with Crippen molar-refractivity contribution >= 4 is 17.7 Å². The van der Waals surface area contributed by atoms with Crippen molar-refractivity contribution in [2.24, 2.45) is 0 Å². The Morgan fingerprint density at radius 2 is 1.88 bits per heavy atom. The molecule has 1 fully saturated rings. The number of urea groups is 1. The molecule has 7 nitrogen and oxygen atoms in total. The normalized spacial score (nSPS) is 19.4. The highest BCUT2D eigenvalue weighted by atomic mass is 16.2. The minimum absolute atomic E-state index is 0.306. The maximum atomic E-state index is 12.9. The van der Waals surface area contributed by atoms with E-state index in [-0.39, 0.29) is 12.3 Å². The van der Waals surface area contributed by atoms with Crippen LogP contribution in [0, 0.1) is 25.2 Å². The number of rotatable bonds is 4. The van der Waals surface area contributed by atoms with Gasteiger partial charge in [-0.3, -0.25) is 14.5 Å². The Labute approximate surface area is 150 Å². The molecule has 1 aliphatic rings. The Balaban J connectivity index is 1.85. The Kier molecular flexibility index (Phi) is 4.12. The number of carbonyl (C=O) groups excluding carboxylic acids is 3. The van der Waals surface area contributed by atoms with Crippen LogP contribution in [-0.2, 0) is 10.3 Å². The average molecular weight is 350 g/mol. The van der Waals surface area contributed by atoms with Gasteiger partial charge in [-0.25, -0.2) is 4.79 Å². The van der Waals surface area contributed by atoms with E-state index in [0.29, 0.717) is 22.4 Å². The van der Waals surface area contributed by atoms with Gasteiger partial charge in [-0.15, -0.1) is 0 Å². The summed E-state index contributed by atoms with van der Waals surface area (Å²) >= 11 is 0.